The summed E-state index contributed by atoms with van der Waals surface area (Å²) >= 11 is 0. The number of benzene rings is 2. The Bertz CT molecular complexity index is 829. The van der Waals surface area contributed by atoms with Crippen LogP contribution < -0.4 is 5.32 Å². The number of rotatable bonds is 1. The van der Waals surface area contributed by atoms with Gasteiger partial charge in [0, 0.05) is 17.2 Å². The Balaban J connectivity index is 1.83. The van der Waals surface area contributed by atoms with Gasteiger partial charge in [-0.3, -0.25) is 4.79 Å². The lowest BCUT2D eigenvalue weighted by Gasteiger charge is -1.96. The first-order chi connectivity index (χ1) is 9.81. The molecule has 0 bridgehead atoms. The van der Waals surface area contributed by atoms with Crippen LogP contribution in [0.15, 0.2) is 52.9 Å². The second kappa shape index (κ2) is 4.06. The molecule has 0 saturated carbocycles. The molecule has 2 aromatic carbocycles. The van der Waals surface area contributed by atoms with Gasteiger partial charge in [0.15, 0.2) is 5.58 Å². The summed E-state index contributed by atoms with van der Waals surface area (Å²) in [6.45, 7) is 0. The van der Waals surface area contributed by atoms with E-state index in [1.807, 2.05) is 42.5 Å². The molecule has 1 aliphatic heterocycles. The highest BCUT2D eigenvalue weighted by Gasteiger charge is 2.23. The van der Waals surface area contributed by atoms with Crippen molar-refractivity contribution in [2.45, 2.75) is 0 Å². The SMILES string of the molecule is O=C1N/C(=C\c2nc3ccccc3o2)c2ccccc21. The third-order valence-corrected chi connectivity index (χ3v) is 3.29. The fourth-order valence-corrected chi connectivity index (χ4v) is 2.36. The first kappa shape index (κ1) is 11.0. The van der Waals surface area contributed by atoms with Gasteiger partial charge in [0.05, 0.1) is 5.70 Å². The van der Waals surface area contributed by atoms with Crippen molar-refractivity contribution in [1.29, 1.82) is 0 Å². The molecule has 2 heterocycles. The van der Waals surface area contributed by atoms with E-state index < -0.39 is 0 Å². The second-order valence-electron chi connectivity index (χ2n) is 4.58. The molecule has 3 aromatic rings. The second-order valence-corrected chi connectivity index (χ2v) is 4.58. The average Bonchev–Trinajstić information content (AvgIpc) is 3.01. The molecule has 96 valence electrons. The fourth-order valence-electron chi connectivity index (χ4n) is 2.36. The average molecular weight is 262 g/mol. The van der Waals surface area contributed by atoms with Crippen molar-refractivity contribution in [3.63, 3.8) is 0 Å². The lowest BCUT2D eigenvalue weighted by molar-refractivity contribution is 0.0981. The minimum absolute atomic E-state index is 0.0945. The number of hydrogen-bond acceptors (Lipinski definition) is 3. The molecule has 4 heteroatoms. The third-order valence-electron chi connectivity index (χ3n) is 3.29. The van der Waals surface area contributed by atoms with Gasteiger partial charge in [0.2, 0.25) is 5.89 Å². The number of aromatic nitrogens is 1. The first-order valence-corrected chi connectivity index (χ1v) is 6.29. The summed E-state index contributed by atoms with van der Waals surface area (Å²) in [4.78, 5) is 16.2. The Morgan fingerprint density at radius 3 is 2.60 bits per heavy atom. The minimum Gasteiger partial charge on any atom is -0.437 e. The normalized spacial score (nSPS) is 15.6. The monoisotopic (exact) mass is 262 g/mol. The van der Waals surface area contributed by atoms with Crippen molar-refractivity contribution >= 4 is 28.8 Å². The van der Waals surface area contributed by atoms with Crippen LogP contribution in [0.3, 0.4) is 0 Å². The maximum absolute atomic E-state index is 11.8. The quantitative estimate of drug-likeness (QED) is 0.733. The van der Waals surface area contributed by atoms with Crippen molar-refractivity contribution in [2.24, 2.45) is 0 Å². The molecule has 0 saturated heterocycles. The molecule has 1 aliphatic rings. The molecule has 0 atom stereocenters. The molecule has 0 fully saturated rings. The third kappa shape index (κ3) is 1.62. The van der Waals surface area contributed by atoms with Crippen LogP contribution in [0.4, 0.5) is 0 Å². The van der Waals surface area contributed by atoms with Crippen LogP contribution in [0, 0.1) is 0 Å². The van der Waals surface area contributed by atoms with Gasteiger partial charge < -0.3 is 9.73 Å². The molecular formula is C16H10N2O2. The molecule has 4 rings (SSSR count). The number of nitrogens with zero attached hydrogens (tertiary/aromatic N) is 1. The van der Waals surface area contributed by atoms with Crippen LogP contribution in [-0.2, 0) is 0 Å². The number of carbonyl (C=O) groups excluding carboxylic acids is 1. The lowest BCUT2D eigenvalue weighted by atomic mass is 10.1. The molecule has 0 radical (unpaired) electrons. The van der Waals surface area contributed by atoms with E-state index >= 15 is 0 Å². The highest BCUT2D eigenvalue weighted by molar-refractivity contribution is 6.11. The van der Waals surface area contributed by atoms with Gasteiger partial charge in [-0.25, -0.2) is 4.98 Å². The van der Waals surface area contributed by atoms with Gasteiger partial charge in [-0.15, -0.1) is 0 Å². The Hall–Kier alpha value is -2.88. The van der Waals surface area contributed by atoms with Crippen molar-refractivity contribution in [3.05, 3.63) is 65.5 Å². The summed E-state index contributed by atoms with van der Waals surface area (Å²) in [5.74, 6) is 0.390. The molecule has 20 heavy (non-hydrogen) atoms. The maximum atomic E-state index is 11.8. The van der Waals surface area contributed by atoms with Crippen LogP contribution in [0.1, 0.15) is 21.8 Å². The Morgan fingerprint density at radius 1 is 1.00 bits per heavy atom. The van der Waals surface area contributed by atoms with Gasteiger partial charge in [0.1, 0.15) is 5.52 Å². The zero-order valence-corrected chi connectivity index (χ0v) is 10.5. The summed E-state index contributed by atoms with van der Waals surface area (Å²) in [5, 5.41) is 2.83. The van der Waals surface area contributed by atoms with Gasteiger partial charge in [0.25, 0.3) is 5.91 Å². The van der Waals surface area contributed by atoms with Gasteiger partial charge in [-0.05, 0) is 18.2 Å². The number of para-hydroxylation sites is 2. The molecule has 1 amide bonds. The standard InChI is InChI=1S/C16H10N2O2/c19-16-11-6-2-1-5-10(11)13(18-16)9-15-17-12-7-3-4-8-14(12)20-15/h1-9H,(H,18,19)/b13-9-. The van der Waals surface area contributed by atoms with Crippen molar-refractivity contribution in [1.82, 2.24) is 10.3 Å². The molecular weight excluding hydrogens is 252 g/mol. The predicted molar refractivity (Wildman–Crippen MR) is 75.8 cm³/mol. The van der Waals surface area contributed by atoms with Gasteiger partial charge in [-0.1, -0.05) is 30.3 Å². The Labute approximate surface area is 114 Å². The fraction of sp³-hybridized carbons (Fsp3) is 0. The zero-order chi connectivity index (χ0) is 13.5. The zero-order valence-electron chi connectivity index (χ0n) is 10.5. The van der Waals surface area contributed by atoms with E-state index in [-0.39, 0.29) is 5.91 Å². The Kier molecular flexibility index (Phi) is 2.23. The largest absolute Gasteiger partial charge is 0.437 e. The predicted octanol–water partition coefficient (Wildman–Crippen LogP) is 3.07. The van der Waals surface area contributed by atoms with E-state index in [0.717, 1.165) is 22.4 Å². The van der Waals surface area contributed by atoms with E-state index in [4.69, 9.17) is 4.42 Å². The number of nitrogens with one attached hydrogen (secondary N) is 1. The van der Waals surface area contributed by atoms with E-state index in [2.05, 4.69) is 10.3 Å². The molecule has 0 unspecified atom stereocenters. The molecule has 1 aromatic heterocycles. The van der Waals surface area contributed by atoms with Crippen LogP contribution >= 0.6 is 0 Å². The summed E-state index contributed by atoms with van der Waals surface area (Å²) < 4.78 is 5.64. The molecule has 0 spiro atoms. The van der Waals surface area contributed by atoms with Gasteiger partial charge in [-0.2, -0.15) is 0 Å². The number of amides is 1. The topological polar surface area (TPSA) is 55.1 Å². The molecule has 4 nitrogen and oxygen atoms in total. The van der Waals surface area contributed by atoms with E-state index in [9.17, 15) is 4.79 Å². The number of carbonyl (C=O) groups is 1. The van der Waals surface area contributed by atoms with E-state index in [0.29, 0.717) is 11.5 Å². The Morgan fingerprint density at radius 2 is 1.75 bits per heavy atom. The van der Waals surface area contributed by atoms with Crippen LogP contribution in [0.25, 0.3) is 22.9 Å². The number of hydrogen-bond donors (Lipinski definition) is 1. The van der Waals surface area contributed by atoms with Crippen LogP contribution in [0.2, 0.25) is 0 Å². The highest BCUT2D eigenvalue weighted by Crippen LogP contribution is 2.26. The summed E-state index contributed by atoms with van der Waals surface area (Å²) in [6.07, 6.45) is 1.75. The summed E-state index contributed by atoms with van der Waals surface area (Å²) in [5.41, 5.74) is 3.81. The van der Waals surface area contributed by atoms with Crippen molar-refractivity contribution < 1.29 is 9.21 Å². The van der Waals surface area contributed by atoms with Crippen LogP contribution in [-0.4, -0.2) is 10.9 Å². The van der Waals surface area contributed by atoms with Crippen molar-refractivity contribution in [3.8, 4) is 0 Å². The maximum Gasteiger partial charge on any atom is 0.256 e. The van der Waals surface area contributed by atoms with E-state index in [1.54, 1.807) is 12.1 Å². The highest BCUT2D eigenvalue weighted by atomic mass is 16.3. The number of fused-ring (bicyclic) bond motifs is 2. The summed E-state index contributed by atoms with van der Waals surface area (Å²) in [6, 6.07) is 15.0. The van der Waals surface area contributed by atoms with Gasteiger partial charge >= 0.3 is 0 Å². The minimum atomic E-state index is -0.0945. The summed E-state index contributed by atoms with van der Waals surface area (Å²) in [7, 11) is 0. The van der Waals surface area contributed by atoms with E-state index in [1.165, 1.54) is 0 Å². The number of oxazole rings is 1. The lowest BCUT2D eigenvalue weighted by Crippen LogP contribution is -2.11. The van der Waals surface area contributed by atoms with Crippen molar-refractivity contribution in [2.75, 3.05) is 0 Å². The molecule has 0 aliphatic carbocycles. The van der Waals surface area contributed by atoms with Crippen LogP contribution in [0.5, 0.6) is 0 Å². The molecule has 1 N–H and O–H groups in total. The smallest absolute Gasteiger partial charge is 0.256 e. The first-order valence-electron chi connectivity index (χ1n) is 6.29.